The van der Waals surface area contributed by atoms with Crippen molar-refractivity contribution in [2.24, 2.45) is 0 Å². The Kier molecular flexibility index (Phi) is 2.05. The molecule has 0 spiro atoms. The van der Waals surface area contributed by atoms with Gasteiger partial charge in [0, 0.05) is 23.5 Å². The van der Waals surface area contributed by atoms with Crippen molar-refractivity contribution in [2.75, 3.05) is 5.88 Å². The van der Waals surface area contributed by atoms with Crippen LogP contribution in [0.3, 0.4) is 0 Å². The summed E-state index contributed by atoms with van der Waals surface area (Å²) < 4.78 is 0. The summed E-state index contributed by atoms with van der Waals surface area (Å²) >= 11 is 5.64. The van der Waals surface area contributed by atoms with Crippen molar-refractivity contribution in [1.82, 2.24) is 4.98 Å². The zero-order valence-electron chi connectivity index (χ0n) is 6.68. The lowest BCUT2D eigenvalue weighted by atomic mass is 10.2. The number of alkyl halides is 1. The summed E-state index contributed by atoms with van der Waals surface area (Å²) in [5.74, 6) is 0.673. The van der Waals surface area contributed by atoms with Gasteiger partial charge in [0.05, 0.1) is 0 Å². The normalized spacial score (nSPS) is 10.8. The quantitative estimate of drug-likeness (QED) is 0.683. The summed E-state index contributed by atoms with van der Waals surface area (Å²) in [6.07, 6.45) is 0.913. The van der Waals surface area contributed by atoms with Gasteiger partial charge in [0.25, 0.3) is 0 Å². The summed E-state index contributed by atoms with van der Waals surface area (Å²) in [7, 11) is 0. The molecule has 0 aliphatic carbocycles. The van der Waals surface area contributed by atoms with E-state index >= 15 is 0 Å². The first-order chi connectivity index (χ1) is 5.90. The number of halogens is 1. The number of nitrogens with one attached hydrogen (secondary N) is 1. The van der Waals surface area contributed by atoms with Gasteiger partial charge in [0.15, 0.2) is 0 Å². The molecule has 2 rings (SSSR count). The number of hydrogen-bond acceptors (Lipinski definition) is 0. The minimum atomic E-state index is 0.673. The van der Waals surface area contributed by atoms with Crippen LogP contribution in [0.1, 0.15) is 5.69 Å². The van der Waals surface area contributed by atoms with E-state index in [2.05, 4.69) is 23.2 Å². The fourth-order valence-electron chi connectivity index (χ4n) is 1.37. The van der Waals surface area contributed by atoms with E-state index in [1.165, 1.54) is 16.6 Å². The topological polar surface area (TPSA) is 15.8 Å². The molecule has 0 radical (unpaired) electrons. The van der Waals surface area contributed by atoms with Gasteiger partial charge in [0.2, 0.25) is 0 Å². The maximum atomic E-state index is 5.64. The molecule has 12 heavy (non-hydrogen) atoms. The van der Waals surface area contributed by atoms with Gasteiger partial charge >= 0.3 is 0 Å². The van der Waals surface area contributed by atoms with E-state index in [1.54, 1.807) is 0 Å². The van der Waals surface area contributed by atoms with Gasteiger partial charge in [-0.05, 0) is 17.5 Å². The Bertz CT molecular complexity index is 345. The number of aromatic amines is 1. The van der Waals surface area contributed by atoms with Crippen LogP contribution in [0.4, 0.5) is 0 Å². The first-order valence-electron chi connectivity index (χ1n) is 4.03. The standard InChI is InChI=1S/C10H10ClN/c11-6-5-9-7-8-3-1-2-4-10(8)12-9/h1-4,7,12H,5-6H2. The van der Waals surface area contributed by atoms with Crippen LogP contribution in [0.5, 0.6) is 0 Å². The van der Waals surface area contributed by atoms with Gasteiger partial charge in [-0.1, -0.05) is 18.2 Å². The second-order valence-corrected chi connectivity index (χ2v) is 3.20. The molecule has 0 aliphatic rings. The lowest BCUT2D eigenvalue weighted by Gasteiger charge is -1.87. The van der Waals surface area contributed by atoms with Crippen molar-refractivity contribution >= 4 is 22.5 Å². The molecule has 1 nitrogen and oxygen atoms in total. The molecule has 2 heteroatoms. The molecule has 1 N–H and O–H groups in total. The summed E-state index contributed by atoms with van der Waals surface area (Å²) in [6, 6.07) is 10.4. The third-order valence-electron chi connectivity index (χ3n) is 1.95. The fraction of sp³-hybridized carbons (Fsp3) is 0.200. The first-order valence-corrected chi connectivity index (χ1v) is 4.56. The van der Waals surface area contributed by atoms with Gasteiger partial charge in [-0.25, -0.2) is 0 Å². The van der Waals surface area contributed by atoms with Crippen LogP contribution in [-0.2, 0) is 6.42 Å². The Morgan fingerprint density at radius 2 is 2.08 bits per heavy atom. The molecular formula is C10H10ClN. The van der Waals surface area contributed by atoms with E-state index in [9.17, 15) is 0 Å². The number of fused-ring (bicyclic) bond motifs is 1. The van der Waals surface area contributed by atoms with Crippen molar-refractivity contribution in [3.05, 3.63) is 36.0 Å². The summed E-state index contributed by atoms with van der Waals surface area (Å²) in [4.78, 5) is 3.31. The number of hydrogen-bond donors (Lipinski definition) is 1. The van der Waals surface area contributed by atoms with Crippen molar-refractivity contribution in [1.29, 1.82) is 0 Å². The molecule has 0 fully saturated rings. The van der Waals surface area contributed by atoms with Crippen LogP contribution in [0, 0.1) is 0 Å². The SMILES string of the molecule is ClCCc1cc2ccccc2[nH]1. The van der Waals surface area contributed by atoms with Crippen LogP contribution in [0.2, 0.25) is 0 Å². The van der Waals surface area contributed by atoms with Crippen LogP contribution in [-0.4, -0.2) is 10.9 Å². The third-order valence-corrected chi connectivity index (χ3v) is 2.14. The number of aryl methyl sites for hydroxylation is 1. The molecule has 1 aromatic carbocycles. The Labute approximate surface area is 76.4 Å². The molecule has 0 atom stereocenters. The van der Waals surface area contributed by atoms with Gasteiger partial charge < -0.3 is 4.98 Å². The van der Waals surface area contributed by atoms with Crippen LogP contribution in [0.15, 0.2) is 30.3 Å². The summed E-state index contributed by atoms with van der Waals surface area (Å²) in [6.45, 7) is 0. The van der Waals surface area contributed by atoms with E-state index in [-0.39, 0.29) is 0 Å². The maximum absolute atomic E-state index is 5.64. The number of benzene rings is 1. The van der Waals surface area contributed by atoms with E-state index in [0.717, 1.165) is 6.42 Å². The van der Waals surface area contributed by atoms with Crippen LogP contribution < -0.4 is 0 Å². The Morgan fingerprint density at radius 1 is 1.25 bits per heavy atom. The first kappa shape index (κ1) is 7.69. The minimum absolute atomic E-state index is 0.673. The van der Waals surface area contributed by atoms with E-state index in [0.29, 0.717) is 5.88 Å². The third kappa shape index (κ3) is 1.32. The Hall–Kier alpha value is -0.950. The van der Waals surface area contributed by atoms with Crippen molar-refractivity contribution in [2.45, 2.75) is 6.42 Å². The number of aromatic nitrogens is 1. The highest BCUT2D eigenvalue weighted by atomic mass is 35.5. The summed E-state index contributed by atoms with van der Waals surface area (Å²) in [5.41, 5.74) is 2.41. The predicted octanol–water partition coefficient (Wildman–Crippen LogP) is 2.95. The molecule has 0 saturated heterocycles. The largest absolute Gasteiger partial charge is 0.358 e. The van der Waals surface area contributed by atoms with Crippen molar-refractivity contribution in [3.8, 4) is 0 Å². The second kappa shape index (κ2) is 3.20. The Morgan fingerprint density at radius 3 is 2.83 bits per heavy atom. The molecule has 0 unspecified atom stereocenters. The monoisotopic (exact) mass is 179 g/mol. The average Bonchev–Trinajstić information content (AvgIpc) is 2.47. The Balaban J connectivity index is 2.47. The molecule has 0 saturated carbocycles. The highest BCUT2D eigenvalue weighted by Crippen LogP contribution is 2.14. The van der Waals surface area contributed by atoms with E-state index < -0.39 is 0 Å². The molecule has 0 bridgehead atoms. The number of para-hydroxylation sites is 1. The zero-order valence-corrected chi connectivity index (χ0v) is 7.43. The lowest BCUT2D eigenvalue weighted by Crippen LogP contribution is -1.83. The van der Waals surface area contributed by atoms with Gasteiger partial charge in [-0.15, -0.1) is 11.6 Å². The average molecular weight is 180 g/mol. The van der Waals surface area contributed by atoms with Crippen molar-refractivity contribution < 1.29 is 0 Å². The molecular weight excluding hydrogens is 170 g/mol. The maximum Gasteiger partial charge on any atom is 0.0456 e. The van der Waals surface area contributed by atoms with E-state index in [4.69, 9.17) is 11.6 Å². The molecule has 1 heterocycles. The zero-order chi connectivity index (χ0) is 8.39. The molecule has 0 amide bonds. The van der Waals surface area contributed by atoms with Gasteiger partial charge in [0.1, 0.15) is 0 Å². The predicted molar refractivity (Wildman–Crippen MR) is 52.7 cm³/mol. The van der Waals surface area contributed by atoms with Gasteiger partial charge in [-0.2, -0.15) is 0 Å². The summed E-state index contributed by atoms with van der Waals surface area (Å²) in [5, 5.41) is 1.26. The number of H-pyrrole nitrogens is 1. The molecule has 2 aromatic rings. The van der Waals surface area contributed by atoms with Crippen LogP contribution in [0.25, 0.3) is 10.9 Å². The minimum Gasteiger partial charge on any atom is -0.358 e. The lowest BCUT2D eigenvalue weighted by molar-refractivity contribution is 1.08. The second-order valence-electron chi connectivity index (χ2n) is 2.82. The molecule has 62 valence electrons. The van der Waals surface area contributed by atoms with Crippen molar-refractivity contribution in [3.63, 3.8) is 0 Å². The molecule has 1 aromatic heterocycles. The number of rotatable bonds is 2. The highest BCUT2D eigenvalue weighted by Gasteiger charge is 1.97. The smallest absolute Gasteiger partial charge is 0.0456 e. The molecule has 0 aliphatic heterocycles. The fourth-order valence-corrected chi connectivity index (χ4v) is 1.57. The van der Waals surface area contributed by atoms with Crippen LogP contribution >= 0.6 is 11.6 Å². The highest BCUT2D eigenvalue weighted by molar-refractivity contribution is 6.18. The van der Waals surface area contributed by atoms with Gasteiger partial charge in [-0.3, -0.25) is 0 Å². The van der Waals surface area contributed by atoms with E-state index in [1.807, 2.05) is 12.1 Å².